The fourth-order valence-electron chi connectivity index (χ4n) is 2.89. The highest BCUT2D eigenvalue weighted by Crippen LogP contribution is 2.22. The van der Waals surface area contributed by atoms with Gasteiger partial charge in [0.1, 0.15) is 5.60 Å². The SMILES string of the molecule is CC(C)(C)OC(=O)N1CCC(N2CCC(N)C2)CC1. The summed E-state index contributed by atoms with van der Waals surface area (Å²) in [4.78, 5) is 16.3. The second-order valence-electron chi connectivity index (χ2n) is 6.74. The average molecular weight is 269 g/mol. The third-order valence-electron chi connectivity index (χ3n) is 3.89. The Balaban J connectivity index is 1.77. The third kappa shape index (κ3) is 4.08. The Bertz CT molecular complexity index is 319. The van der Waals surface area contributed by atoms with E-state index in [2.05, 4.69) is 4.90 Å². The number of piperidine rings is 1. The van der Waals surface area contributed by atoms with Crippen LogP contribution >= 0.6 is 0 Å². The van der Waals surface area contributed by atoms with E-state index in [9.17, 15) is 4.79 Å². The lowest BCUT2D eigenvalue weighted by atomic mass is 10.0. The van der Waals surface area contributed by atoms with E-state index in [0.29, 0.717) is 12.1 Å². The van der Waals surface area contributed by atoms with E-state index in [0.717, 1.165) is 45.4 Å². The summed E-state index contributed by atoms with van der Waals surface area (Å²) in [6.07, 6.45) is 2.99. The van der Waals surface area contributed by atoms with Crippen LogP contribution in [-0.2, 0) is 4.74 Å². The predicted molar refractivity (Wildman–Crippen MR) is 75.0 cm³/mol. The van der Waals surface area contributed by atoms with Gasteiger partial charge in [0, 0.05) is 38.3 Å². The van der Waals surface area contributed by atoms with Crippen molar-refractivity contribution < 1.29 is 9.53 Å². The van der Waals surface area contributed by atoms with Crippen molar-refractivity contribution in [3.8, 4) is 0 Å². The van der Waals surface area contributed by atoms with E-state index in [-0.39, 0.29) is 6.09 Å². The predicted octanol–water partition coefficient (Wildman–Crippen LogP) is 1.42. The Morgan fingerprint density at radius 3 is 2.26 bits per heavy atom. The molecule has 1 unspecified atom stereocenters. The van der Waals surface area contributed by atoms with Gasteiger partial charge >= 0.3 is 6.09 Å². The van der Waals surface area contributed by atoms with Crippen molar-refractivity contribution in [2.24, 2.45) is 5.73 Å². The van der Waals surface area contributed by atoms with Crippen molar-refractivity contribution in [3.05, 3.63) is 0 Å². The molecule has 0 aromatic carbocycles. The van der Waals surface area contributed by atoms with Gasteiger partial charge < -0.3 is 15.4 Å². The fourth-order valence-corrected chi connectivity index (χ4v) is 2.89. The first-order valence-electron chi connectivity index (χ1n) is 7.33. The molecule has 5 nitrogen and oxygen atoms in total. The van der Waals surface area contributed by atoms with Crippen molar-refractivity contribution in [2.45, 2.75) is 57.7 Å². The molecule has 2 aliphatic rings. The molecule has 2 aliphatic heterocycles. The van der Waals surface area contributed by atoms with E-state index in [1.54, 1.807) is 0 Å². The van der Waals surface area contributed by atoms with Crippen LogP contribution in [0.4, 0.5) is 4.79 Å². The van der Waals surface area contributed by atoms with Crippen LogP contribution in [0.25, 0.3) is 0 Å². The zero-order chi connectivity index (χ0) is 14.0. The number of carbonyl (C=O) groups is 1. The summed E-state index contributed by atoms with van der Waals surface area (Å²) in [6, 6.07) is 0.927. The summed E-state index contributed by atoms with van der Waals surface area (Å²) < 4.78 is 5.41. The Kier molecular flexibility index (Phi) is 4.36. The molecule has 0 aromatic heterocycles. The molecule has 0 radical (unpaired) electrons. The number of amides is 1. The van der Waals surface area contributed by atoms with Crippen LogP contribution in [-0.4, -0.2) is 59.8 Å². The molecule has 1 amide bonds. The number of rotatable bonds is 1. The molecular weight excluding hydrogens is 242 g/mol. The minimum absolute atomic E-state index is 0.177. The first-order valence-corrected chi connectivity index (χ1v) is 7.33. The van der Waals surface area contributed by atoms with E-state index >= 15 is 0 Å². The third-order valence-corrected chi connectivity index (χ3v) is 3.89. The van der Waals surface area contributed by atoms with Crippen molar-refractivity contribution in [1.82, 2.24) is 9.80 Å². The lowest BCUT2D eigenvalue weighted by molar-refractivity contribution is 0.0155. The number of ether oxygens (including phenoxy) is 1. The topological polar surface area (TPSA) is 58.8 Å². The van der Waals surface area contributed by atoms with Gasteiger partial charge in [-0.15, -0.1) is 0 Å². The van der Waals surface area contributed by atoms with Gasteiger partial charge in [-0.2, -0.15) is 0 Å². The summed E-state index contributed by atoms with van der Waals surface area (Å²) in [7, 11) is 0. The highest BCUT2D eigenvalue weighted by molar-refractivity contribution is 5.68. The Labute approximate surface area is 116 Å². The first-order chi connectivity index (χ1) is 8.85. The van der Waals surface area contributed by atoms with Gasteiger partial charge in [0.2, 0.25) is 0 Å². The van der Waals surface area contributed by atoms with Crippen molar-refractivity contribution in [2.75, 3.05) is 26.2 Å². The van der Waals surface area contributed by atoms with E-state index in [1.165, 1.54) is 0 Å². The minimum atomic E-state index is -0.407. The molecule has 0 saturated carbocycles. The van der Waals surface area contributed by atoms with Crippen LogP contribution in [0.15, 0.2) is 0 Å². The second-order valence-corrected chi connectivity index (χ2v) is 6.74. The second kappa shape index (κ2) is 5.67. The van der Waals surface area contributed by atoms with Crippen LogP contribution < -0.4 is 5.73 Å². The van der Waals surface area contributed by atoms with Crippen LogP contribution in [0.3, 0.4) is 0 Å². The maximum Gasteiger partial charge on any atom is 0.410 e. The standard InChI is InChI=1S/C14H27N3O2/c1-14(2,3)19-13(18)16-8-5-12(6-9-16)17-7-4-11(15)10-17/h11-12H,4-10,15H2,1-3H3. The number of nitrogens with two attached hydrogens (primary N) is 1. The van der Waals surface area contributed by atoms with Crippen molar-refractivity contribution >= 4 is 6.09 Å². The van der Waals surface area contributed by atoms with Crippen LogP contribution in [0.1, 0.15) is 40.0 Å². The molecule has 0 aliphatic carbocycles. The molecule has 0 spiro atoms. The molecule has 19 heavy (non-hydrogen) atoms. The molecule has 0 aromatic rings. The summed E-state index contributed by atoms with van der Waals surface area (Å²) in [6.45, 7) is 9.43. The number of nitrogens with zero attached hydrogens (tertiary/aromatic N) is 2. The van der Waals surface area contributed by atoms with Gasteiger partial charge in [0.25, 0.3) is 0 Å². The van der Waals surface area contributed by atoms with Gasteiger partial charge in [-0.1, -0.05) is 0 Å². The first kappa shape index (κ1) is 14.6. The Hall–Kier alpha value is -0.810. The molecule has 2 rings (SSSR count). The Morgan fingerprint density at radius 1 is 1.16 bits per heavy atom. The number of hydrogen-bond donors (Lipinski definition) is 1. The molecule has 2 fully saturated rings. The van der Waals surface area contributed by atoms with Gasteiger partial charge in [-0.05, 0) is 40.0 Å². The zero-order valence-corrected chi connectivity index (χ0v) is 12.4. The molecule has 0 bridgehead atoms. The number of hydrogen-bond acceptors (Lipinski definition) is 4. The zero-order valence-electron chi connectivity index (χ0n) is 12.4. The molecule has 2 heterocycles. The summed E-state index contributed by atoms with van der Waals surface area (Å²) in [5.74, 6) is 0. The van der Waals surface area contributed by atoms with Gasteiger partial charge in [-0.3, -0.25) is 4.90 Å². The Morgan fingerprint density at radius 2 is 1.79 bits per heavy atom. The summed E-state index contributed by atoms with van der Waals surface area (Å²) in [5, 5.41) is 0. The number of likely N-dealkylation sites (tertiary alicyclic amines) is 2. The van der Waals surface area contributed by atoms with Gasteiger partial charge in [0.15, 0.2) is 0 Å². The highest BCUT2D eigenvalue weighted by atomic mass is 16.6. The lowest BCUT2D eigenvalue weighted by Crippen LogP contribution is -2.47. The van der Waals surface area contributed by atoms with E-state index < -0.39 is 5.60 Å². The number of carbonyl (C=O) groups excluding carboxylic acids is 1. The van der Waals surface area contributed by atoms with Crippen LogP contribution in [0, 0.1) is 0 Å². The fraction of sp³-hybridized carbons (Fsp3) is 0.929. The summed E-state index contributed by atoms with van der Waals surface area (Å²) in [5.41, 5.74) is 5.54. The minimum Gasteiger partial charge on any atom is -0.444 e. The molecule has 2 N–H and O–H groups in total. The lowest BCUT2D eigenvalue weighted by Gasteiger charge is -2.37. The van der Waals surface area contributed by atoms with Crippen LogP contribution in [0.5, 0.6) is 0 Å². The maximum atomic E-state index is 12.0. The summed E-state index contributed by atoms with van der Waals surface area (Å²) >= 11 is 0. The van der Waals surface area contributed by atoms with Gasteiger partial charge in [-0.25, -0.2) is 4.79 Å². The quantitative estimate of drug-likeness (QED) is 0.782. The van der Waals surface area contributed by atoms with Gasteiger partial charge in [0.05, 0.1) is 0 Å². The normalized spacial score (nSPS) is 26.7. The molecule has 2 saturated heterocycles. The average Bonchev–Trinajstić information content (AvgIpc) is 2.74. The largest absolute Gasteiger partial charge is 0.444 e. The highest BCUT2D eigenvalue weighted by Gasteiger charge is 2.31. The smallest absolute Gasteiger partial charge is 0.410 e. The molecule has 1 atom stereocenters. The monoisotopic (exact) mass is 269 g/mol. The molecule has 5 heteroatoms. The maximum absolute atomic E-state index is 12.0. The van der Waals surface area contributed by atoms with E-state index in [1.807, 2.05) is 25.7 Å². The van der Waals surface area contributed by atoms with Crippen molar-refractivity contribution in [3.63, 3.8) is 0 Å². The van der Waals surface area contributed by atoms with Crippen molar-refractivity contribution in [1.29, 1.82) is 0 Å². The molecule has 110 valence electrons. The van der Waals surface area contributed by atoms with E-state index in [4.69, 9.17) is 10.5 Å². The molecular formula is C14H27N3O2. The van der Waals surface area contributed by atoms with Crippen LogP contribution in [0.2, 0.25) is 0 Å².